The van der Waals surface area contributed by atoms with Gasteiger partial charge in [-0.2, -0.15) is 140 Å². The normalized spacial score (nSPS) is 17.1. The first-order valence-electron chi connectivity index (χ1n) is 9.86. The first-order valence-corrected chi connectivity index (χ1v) is 9.86. The molecule has 0 bridgehead atoms. The van der Waals surface area contributed by atoms with Crippen LogP contribution in [0.1, 0.15) is 0 Å². The summed E-state index contributed by atoms with van der Waals surface area (Å²) in [6.07, 6.45) is -50.6. The molecule has 0 radical (unpaired) electrons. The number of hydrogen-bond donors (Lipinski definition) is 0. The fraction of sp³-hybridized carbons (Fsp3) is 1.00. The molecular formula is C15F32O2. The van der Waals surface area contributed by atoms with Gasteiger partial charge in [0.25, 0.3) is 0 Å². The molecular weight excluding hydrogens is 820 g/mol. The van der Waals surface area contributed by atoms with Crippen LogP contribution in [0.15, 0.2) is 0 Å². The Morgan fingerprint density at radius 1 is 0.163 bits per heavy atom. The summed E-state index contributed by atoms with van der Waals surface area (Å²) in [5.41, 5.74) is 0. The smallest absolute Gasteiger partial charge is 0.243 e. The lowest BCUT2D eigenvalue weighted by atomic mass is 9.87. The molecule has 0 aliphatic carbocycles. The largest absolute Gasteiger partial charge is 0.462 e. The Labute approximate surface area is 241 Å². The van der Waals surface area contributed by atoms with Crippen molar-refractivity contribution >= 4 is 0 Å². The van der Waals surface area contributed by atoms with E-state index in [9.17, 15) is 140 Å². The fourth-order valence-electron chi connectivity index (χ4n) is 2.28. The number of rotatable bonds is 14. The zero-order valence-electron chi connectivity index (χ0n) is 20.4. The van der Waals surface area contributed by atoms with Gasteiger partial charge in [0.15, 0.2) is 0 Å². The van der Waals surface area contributed by atoms with Crippen molar-refractivity contribution < 1.29 is 150 Å². The first kappa shape index (κ1) is 46.7. The third kappa shape index (κ3) is 6.29. The number of hydrogen-bond acceptors (Lipinski definition) is 2. The average Bonchev–Trinajstić information content (AvgIpc) is 2.79. The molecule has 0 aliphatic rings. The van der Waals surface area contributed by atoms with Crippen molar-refractivity contribution in [2.24, 2.45) is 0 Å². The molecule has 0 N–H and O–H groups in total. The van der Waals surface area contributed by atoms with Gasteiger partial charge in [-0.3, -0.25) is 0 Å². The maximum absolute atomic E-state index is 13.6. The predicted octanol–water partition coefficient (Wildman–Crippen LogP) is 10.2. The van der Waals surface area contributed by atoms with Gasteiger partial charge in [-0.05, 0) is 0 Å². The lowest BCUT2D eigenvalue weighted by Crippen LogP contribution is -2.77. The average molecular weight is 820 g/mol. The van der Waals surface area contributed by atoms with Gasteiger partial charge in [-0.25, -0.2) is 9.47 Å². The number of alkyl halides is 32. The minimum Gasteiger partial charge on any atom is -0.243 e. The topological polar surface area (TPSA) is 18.5 Å². The SMILES string of the molecule is FC(F)(F)C(F)(F)C(F)(F)OC(F)(F)C(F)(F)OC(F)(F)C(F)(F)C(F)(F)C(F)(F)C(F)(F)C(F)(F)C(F)(F)C(F)(F)C(F)(F)C(F)(F)F. The van der Waals surface area contributed by atoms with Crippen LogP contribution in [0, 0.1) is 0 Å². The van der Waals surface area contributed by atoms with Crippen molar-refractivity contribution in [2.45, 2.75) is 90.1 Å². The molecule has 0 saturated heterocycles. The van der Waals surface area contributed by atoms with Crippen LogP contribution in [-0.2, 0) is 9.47 Å². The van der Waals surface area contributed by atoms with Crippen molar-refractivity contribution in [1.82, 2.24) is 0 Å². The highest BCUT2D eigenvalue weighted by Gasteiger charge is 2.98. The van der Waals surface area contributed by atoms with Gasteiger partial charge in [0.2, 0.25) is 0 Å². The van der Waals surface area contributed by atoms with Gasteiger partial charge in [-0.1, -0.05) is 0 Å². The minimum absolute atomic E-state index is 0.693. The molecule has 0 aromatic rings. The summed E-state index contributed by atoms with van der Waals surface area (Å²) in [5, 5.41) is 0. The van der Waals surface area contributed by atoms with Crippen LogP contribution in [0.25, 0.3) is 0 Å². The maximum Gasteiger partial charge on any atom is 0.462 e. The van der Waals surface area contributed by atoms with E-state index in [1.807, 2.05) is 0 Å². The molecule has 0 saturated carbocycles. The van der Waals surface area contributed by atoms with E-state index in [0.717, 1.165) is 4.74 Å². The van der Waals surface area contributed by atoms with Gasteiger partial charge >= 0.3 is 90.1 Å². The van der Waals surface area contributed by atoms with E-state index in [4.69, 9.17) is 0 Å². The first-order chi connectivity index (χ1) is 20.4. The lowest BCUT2D eigenvalue weighted by Gasteiger charge is -2.44. The molecule has 2 nitrogen and oxygen atoms in total. The maximum atomic E-state index is 13.6. The molecule has 296 valence electrons. The van der Waals surface area contributed by atoms with Gasteiger partial charge in [0, 0.05) is 0 Å². The predicted molar refractivity (Wildman–Crippen MR) is 78.6 cm³/mol. The van der Waals surface area contributed by atoms with Crippen molar-refractivity contribution in [3.05, 3.63) is 0 Å². The van der Waals surface area contributed by atoms with Gasteiger partial charge in [-0.15, -0.1) is 0 Å². The Hall–Kier alpha value is -2.32. The van der Waals surface area contributed by atoms with Gasteiger partial charge < -0.3 is 0 Å². The van der Waals surface area contributed by atoms with E-state index >= 15 is 0 Å². The highest BCUT2D eigenvalue weighted by atomic mass is 19.4. The zero-order chi connectivity index (χ0) is 40.9. The molecule has 0 unspecified atom stereocenters. The zero-order valence-corrected chi connectivity index (χ0v) is 20.4. The van der Waals surface area contributed by atoms with E-state index in [1.54, 1.807) is 0 Å². The Balaban J connectivity index is 7.14. The number of ether oxygens (including phenoxy) is 2. The molecule has 0 aliphatic heterocycles. The molecule has 0 aromatic heterocycles. The summed E-state index contributed by atoms with van der Waals surface area (Å²) in [5.74, 6) is -84.6. The van der Waals surface area contributed by atoms with Crippen LogP contribution in [-0.4, -0.2) is 90.1 Å². The summed E-state index contributed by atoms with van der Waals surface area (Å²) >= 11 is 0. The quantitative estimate of drug-likeness (QED) is 0.163. The third-order valence-corrected chi connectivity index (χ3v) is 5.06. The summed E-state index contributed by atoms with van der Waals surface area (Å²) in [7, 11) is 0. The van der Waals surface area contributed by atoms with Crippen LogP contribution >= 0.6 is 0 Å². The fourth-order valence-corrected chi connectivity index (χ4v) is 2.28. The molecule has 0 amide bonds. The standard InChI is InChI=1S/C15F32O2/c16-1(17,3(20,21)5(24,25)7(28,29)10(34,35)36)2(18,19)4(22,23)6(26,27)8(30,31)12(40,41)48-14(44,45)15(46,47)49-13(42,43)9(32,33)11(37,38)39. The summed E-state index contributed by atoms with van der Waals surface area (Å²) in [6, 6.07) is 0. The molecule has 0 heterocycles. The minimum atomic E-state index is -9.86. The van der Waals surface area contributed by atoms with E-state index < -0.39 is 90.1 Å². The monoisotopic (exact) mass is 820 g/mol. The van der Waals surface area contributed by atoms with Crippen LogP contribution < -0.4 is 0 Å². The van der Waals surface area contributed by atoms with Gasteiger partial charge in [0.1, 0.15) is 0 Å². The molecule has 34 heteroatoms. The van der Waals surface area contributed by atoms with E-state index in [2.05, 4.69) is 0 Å². The molecule has 49 heavy (non-hydrogen) atoms. The Morgan fingerprint density at radius 2 is 0.327 bits per heavy atom. The van der Waals surface area contributed by atoms with E-state index in [1.165, 1.54) is 0 Å². The molecule has 0 spiro atoms. The van der Waals surface area contributed by atoms with Crippen LogP contribution in [0.5, 0.6) is 0 Å². The molecule has 0 atom stereocenters. The summed E-state index contributed by atoms with van der Waals surface area (Å²) in [6.45, 7) is 0. The van der Waals surface area contributed by atoms with E-state index in [-0.39, 0.29) is 0 Å². The second-order valence-electron chi connectivity index (χ2n) is 8.44. The van der Waals surface area contributed by atoms with Crippen molar-refractivity contribution in [2.75, 3.05) is 0 Å². The molecule has 0 rings (SSSR count). The van der Waals surface area contributed by atoms with E-state index in [0.29, 0.717) is 4.74 Å². The van der Waals surface area contributed by atoms with Crippen LogP contribution in [0.4, 0.5) is 140 Å². The molecule has 0 aromatic carbocycles. The molecule has 0 fully saturated rings. The number of halogens is 32. The Morgan fingerprint density at radius 3 is 0.531 bits per heavy atom. The van der Waals surface area contributed by atoms with Crippen molar-refractivity contribution in [3.63, 3.8) is 0 Å². The third-order valence-electron chi connectivity index (χ3n) is 5.06. The summed E-state index contributed by atoms with van der Waals surface area (Å²) < 4.78 is 417. The Kier molecular flexibility index (Phi) is 10.8. The lowest BCUT2D eigenvalue weighted by molar-refractivity contribution is -0.559. The van der Waals surface area contributed by atoms with Gasteiger partial charge in [0.05, 0.1) is 0 Å². The highest BCUT2D eigenvalue weighted by Crippen LogP contribution is 2.66. The van der Waals surface area contributed by atoms with Crippen molar-refractivity contribution in [1.29, 1.82) is 0 Å². The van der Waals surface area contributed by atoms with Crippen LogP contribution in [0.2, 0.25) is 0 Å². The highest BCUT2D eigenvalue weighted by molar-refractivity contribution is 5.17. The second kappa shape index (κ2) is 11.3. The van der Waals surface area contributed by atoms with Crippen LogP contribution in [0.3, 0.4) is 0 Å². The second-order valence-corrected chi connectivity index (χ2v) is 8.44. The Bertz CT molecular complexity index is 1180. The summed E-state index contributed by atoms with van der Waals surface area (Å²) in [4.78, 5) is 0. The van der Waals surface area contributed by atoms with Crippen molar-refractivity contribution in [3.8, 4) is 0 Å².